The summed E-state index contributed by atoms with van der Waals surface area (Å²) in [4.78, 5) is 11.5. The Morgan fingerprint density at radius 1 is 1.29 bits per heavy atom. The van der Waals surface area contributed by atoms with Crippen LogP contribution in [0.4, 0.5) is 4.79 Å². The Kier molecular flexibility index (Phi) is 6.78. The lowest BCUT2D eigenvalue weighted by atomic mass is 10.2. The van der Waals surface area contributed by atoms with Crippen LogP contribution >= 0.6 is 23.2 Å². The first kappa shape index (κ1) is 18.1. The molecule has 6 heteroatoms. The number of ether oxygens (including phenoxy) is 1. The number of alkyl carbamates (subject to hydrolysis) is 1. The van der Waals surface area contributed by atoms with Gasteiger partial charge in [-0.3, -0.25) is 0 Å². The van der Waals surface area contributed by atoms with Crippen LogP contribution in [0.2, 0.25) is 10.0 Å². The molecule has 0 aliphatic rings. The number of hydrogen-bond acceptors (Lipinski definition) is 3. The minimum Gasteiger partial charge on any atom is -0.444 e. The van der Waals surface area contributed by atoms with Crippen molar-refractivity contribution in [3.05, 3.63) is 33.8 Å². The van der Waals surface area contributed by atoms with Crippen molar-refractivity contribution in [1.82, 2.24) is 10.6 Å². The van der Waals surface area contributed by atoms with Gasteiger partial charge in [0.1, 0.15) is 5.60 Å². The number of nitrogens with one attached hydrogen (secondary N) is 2. The third-order valence-electron chi connectivity index (χ3n) is 2.59. The Morgan fingerprint density at radius 2 is 1.95 bits per heavy atom. The number of rotatable bonds is 5. The number of halogens is 2. The summed E-state index contributed by atoms with van der Waals surface area (Å²) in [7, 11) is 0. The van der Waals surface area contributed by atoms with Crippen molar-refractivity contribution in [2.75, 3.05) is 6.54 Å². The lowest BCUT2D eigenvalue weighted by Crippen LogP contribution is -2.40. The summed E-state index contributed by atoms with van der Waals surface area (Å²) in [5, 5.41) is 7.10. The fourth-order valence-corrected chi connectivity index (χ4v) is 1.89. The fourth-order valence-electron chi connectivity index (χ4n) is 1.56. The van der Waals surface area contributed by atoms with Gasteiger partial charge in [0.25, 0.3) is 0 Å². The Bertz CT molecular complexity index is 487. The van der Waals surface area contributed by atoms with Crippen molar-refractivity contribution in [2.24, 2.45) is 0 Å². The molecule has 1 aromatic carbocycles. The van der Waals surface area contributed by atoms with Crippen molar-refractivity contribution in [2.45, 2.75) is 45.9 Å². The largest absolute Gasteiger partial charge is 0.444 e. The highest BCUT2D eigenvalue weighted by Gasteiger charge is 2.16. The minimum atomic E-state index is -0.485. The van der Waals surface area contributed by atoms with E-state index < -0.39 is 11.7 Å². The first-order valence-electron chi connectivity index (χ1n) is 6.81. The molecule has 118 valence electrons. The molecule has 0 spiro atoms. The predicted octanol–water partition coefficient (Wildman–Crippen LogP) is 4.00. The molecular weight excluding hydrogens is 311 g/mol. The average Bonchev–Trinajstić information content (AvgIpc) is 2.36. The zero-order valence-corrected chi connectivity index (χ0v) is 14.3. The molecule has 1 aromatic rings. The van der Waals surface area contributed by atoms with E-state index in [1.54, 1.807) is 6.07 Å². The summed E-state index contributed by atoms with van der Waals surface area (Å²) in [5.74, 6) is 0. The standard InChI is InChI=1S/C15H22Cl2N2O2/c1-10(8-19-14(20)21-15(2,3)4)18-9-11-5-6-12(16)13(17)7-11/h5-7,10,18H,8-9H2,1-4H3,(H,19,20). The van der Waals surface area contributed by atoms with Crippen LogP contribution in [0.15, 0.2) is 18.2 Å². The maximum absolute atomic E-state index is 11.5. The van der Waals surface area contributed by atoms with Gasteiger partial charge in [-0.2, -0.15) is 0 Å². The maximum Gasteiger partial charge on any atom is 0.407 e. The third-order valence-corrected chi connectivity index (χ3v) is 3.33. The molecule has 2 N–H and O–H groups in total. The molecule has 1 rings (SSSR count). The molecular formula is C15H22Cl2N2O2. The molecule has 0 saturated heterocycles. The summed E-state index contributed by atoms with van der Waals surface area (Å²) in [6.07, 6.45) is -0.411. The van der Waals surface area contributed by atoms with Gasteiger partial charge < -0.3 is 15.4 Å². The molecule has 0 aliphatic carbocycles. The monoisotopic (exact) mass is 332 g/mol. The molecule has 1 unspecified atom stereocenters. The number of benzene rings is 1. The van der Waals surface area contributed by atoms with Gasteiger partial charge in [-0.15, -0.1) is 0 Å². The second kappa shape index (κ2) is 7.87. The molecule has 0 bridgehead atoms. The van der Waals surface area contributed by atoms with Gasteiger partial charge in [-0.1, -0.05) is 29.3 Å². The summed E-state index contributed by atoms with van der Waals surface area (Å²) in [6, 6.07) is 5.61. The summed E-state index contributed by atoms with van der Waals surface area (Å²) in [6.45, 7) is 8.61. The van der Waals surface area contributed by atoms with E-state index in [1.807, 2.05) is 39.8 Å². The van der Waals surface area contributed by atoms with E-state index >= 15 is 0 Å². The van der Waals surface area contributed by atoms with E-state index in [4.69, 9.17) is 27.9 Å². The van der Waals surface area contributed by atoms with Crippen LogP contribution in [0.25, 0.3) is 0 Å². The van der Waals surface area contributed by atoms with E-state index in [0.717, 1.165) is 5.56 Å². The van der Waals surface area contributed by atoms with Gasteiger partial charge in [0, 0.05) is 19.1 Å². The van der Waals surface area contributed by atoms with E-state index in [0.29, 0.717) is 23.1 Å². The summed E-state index contributed by atoms with van der Waals surface area (Å²) < 4.78 is 5.17. The quantitative estimate of drug-likeness (QED) is 0.856. The van der Waals surface area contributed by atoms with Crippen LogP contribution in [0.5, 0.6) is 0 Å². The topological polar surface area (TPSA) is 50.4 Å². The van der Waals surface area contributed by atoms with Gasteiger partial charge in [0.2, 0.25) is 0 Å². The van der Waals surface area contributed by atoms with E-state index in [2.05, 4.69) is 10.6 Å². The highest BCUT2D eigenvalue weighted by atomic mass is 35.5. The Morgan fingerprint density at radius 3 is 2.52 bits per heavy atom. The lowest BCUT2D eigenvalue weighted by Gasteiger charge is -2.21. The zero-order chi connectivity index (χ0) is 16.0. The first-order valence-corrected chi connectivity index (χ1v) is 7.57. The van der Waals surface area contributed by atoms with Crippen molar-refractivity contribution in [3.63, 3.8) is 0 Å². The van der Waals surface area contributed by atoms with Crippen LogP contribution in [-0.2, 0) is 11.3 Å². The van der Waals surface area contributed by atoms with Gasteiger partial charge in [-0.05, 0) is 45.4 Å². The molecule has 21 heavy (non-hydrogen) atoms. The predicted molar refractivity (Wildman–Crippen MR) is 87.0 cm³/mol. The van der Waals surface area contributed by atoms with Crippen LogP contribution in [0.3, 0.4) is 0 Å². The van der Waals surface area contributed by atoms with Crippen LogP contribution in [-0.4, -0.2) is 24.3 Å². The van der Waals surface area contributed by atoms with Crippen molar-refractivity contribution in [1.29, 1.82) is 0 Å². The van der Waals surface area contributed by atoms with E-state index in [1.165, 1.54) is 0 Å². The molecule has 1 amide bonds. The van der Waals surface area contributed by atoms with Gasteiger partial charge in [-0.25, -0.2) is 4.79 Å². The normalized spacial score (nSPS) is 12.9. The average molecular weight is 333 g/mol. The summed E-state index contributed by atoms with van der Waals surface area (Å²) in [5.41, 5.74) is 0.550. The highest BCUT2D eigenvalue weighted by Crippen LogP contribution is 2.22. The number of amides is 1. The maximum atomic E-state index is 11.5. The molecule has 1 atom stereocenters. The highest BCUT2D eigenvalue weighted by molar-refractivity contribution is 6.42. The molecule has 4 nitrogen and oxygen atoms in total. The first-order chi connectivity index (χ1) is 9.67. The smallest absolute Gasteiger partial charge is 0.407 e. The van der Waals surface area contributed by atoms with Crippen molar-refractivity contribution < 1.29 is 9.53 Å². The Labute approximate surface area is 136 Å². The van der Waals surface area contributed by atoms with Crippen molar-refractivity contribution >= 4 is 29.3 Å². The Balaban J connectivity index is 2.32. The van der Waals surface area contributed by atoms with E-state index in [9.17, 15) is 4.79 Å². The molecule has 0 heterocycles. The lowest BCUT2D eigenvalue weighted by molar-refractivity contribution is 0.0523. The van der Waals surface area contributed by atoms with E-state index in [-0.39, 0.29) is 6.04 Å². The van der Waals surface area contributed by atoms with Crippen LogP contribution in [0.1, 0.15) is 33.3 Å². The second-order valence-corrected chi connectivity index (χ2v) is 6.73. The van der Waals surface area contributed by atoms with Gasteiger partial charge >= 0.3 is 6.09 Å². The third kappa shape index (κ3) is 7.55. The second-order valence-electron chi connectivity index (χ2n) is 5.91. The molecule has 0 saturated carbocycles. The number of carbonyl (C=O) groups is 1. The zero-order valence-electron chi connectivity index (χ0n) is 12.8. The Hall–Kier alpha value is -0.970. The fraction of sp³-hybridized carbons (Fsp3) is 0.533. The molecule has 0 fully saturated rings. The molecule has 0 radical (unpaired) electrons. The molecule has 0 aliphatic heterocycles. The summed E-state index contributed by atoms with van der Waals surface area (Å²) >= 11 is 11.8. The molecule has 0 aromatic heterocycles. The van der Waals surface area contributed by atoms with Crippen LogP contribution < -0.4 is 10.6 Å². The van der Waals surface area contributed by atoms with Gasteiger partial charge in [0.05, 0.1) is 10.0 Å². The minimum absolute atomic E-state index is 0.104. The van der Waals surface area contributed by atoms with Crippen molar-refractivity contribution in [3.8, 4) is 0 Å². The number of hydrogen-bond donors (Lipinski definition) is 2. The number of carbonyl (C=O) groups excluding carboxylic acids is 1. The van der Waals surface area contributed by atoms with Crippen LogP contribution in [0, 0.1) is 0 Å². The SMILES string of the molecule is CC(CNC(=O)OC(C)(C)C)NCc1ccc(Cl)c(Cl)c1. The van der Waals surface area contributed by atoms with Gasteiger partial charge in [0.15, 0.2) is 0 Å².